The van der Waals surface area contributed by atoms with Crippen LogP contribution in [0.5, 0.6) is 17.2 Å². The molecular weight excluding hydrogens is 445 g/mol. The van der Waals surface area contributed by atoms with E-state index in [-0.39, 0.29) is 16.7 Å². The Hall–Kier alpha value is -4.87. The van der Waals surface area contributed by atoms with Gasteiger partial charge in [-0.05, 0) is 24.6 Å². The van der Waals surface area contributed by atoms with Gasteiger partial charge in [0.1, 0.15) is 35.7 Å². The number of nitro benzene ring substituents is 1. The van der Waals surface area contributed by atoms with Crippen molar-refractivity contribution in [3.8, 4) is 17.2 Å². The summed E-state index contributed by atoms with van der Waals surface area (Å²) in [7, 11) is 1.50. The fraction of sp³-hybridized carbons (Fsp3) is 0.0909. The first-order valence-electron chi connectivity index (χ1n) is 9.94. The Bertz CT molecular complexity index is 1570. The maximum Gasteiger partial charge on any atom is 0.305 e. The molecule has 0 bridgehead atoms. The molecule has 0 unspecified atom stereocenters. The minimum atomic E-state index is -0.971. The minimum absolute atomic E-state index is 0.222. The highest BCUT2D eigenvalue weighted by Gasteiger charge is 2.19. The van der Waals surface area contributed by atoms with Crippen LogP contribution < -0.4 is 14.8 Å². The van der Waals surface area contributed by atoms with Crippen molar-refractivity contribution in [3.05, 3.63) is 76.7 Å². The molecule has 2 aromatic carbocycles. The molecule has 0 fully saturated rings. The number of methoxy groups -OCH3 is 1. The smallest absolute Gasteiger partial charge is 0.305 e. The molecule has 0 spiro atoms. The molecule has 12 heteroatoms. The van der Waals surface area contributed by atoms with Crippen LogP contribution in [0.2, 0.25) is 0 Å². The lowest BCUT2D eigenvalue weighted by Gasteiger charge is -2.16. The number of aryl methyl sites for hydroxylation is 1. The van der Waals surface area contributed by atoms with Crippen molar-refractivity contribution in [1.82, 2.24) is 24.6 Å². The Morgan fingerprint density at radius 2 is 1.94 bits per heavy atom. The van der Waals surface area contributed by atoms with Crippen LogP contribution in [-0.2, 0) is 0 Å². The van der Waals surface area contributed by atoms with Gasteiger partial charge in [-0.25, -0.2) is 19.5 Å². The third kappa shape index (κ3) is 3.77. The summed E-state index contributed by atoms with van der Waals surface area (Å²) in [5, 5.41) is 18.6. The Labute approximate surface area is 191 Å². The number of fused-ring (bicyclic) bond motifs is 2. The van der Waals surface area contributed by atoms with Crippen LogP contribution in [0, 0.1) is 22.9 Å². The molecule has 11 nitrogen and oxygen atoms in total. The first-order chi connectivity index (χ1) is 16.4. The topological polar surface area (TPSA) is 130 Å². The SMILES string of the molecule is COc1cc(Oc2ccn3ncnc3c2)c(C)cc1Nc1ncnc2cc(F)c([N+](=O)[O-])cc12. The number of aromatic nitrogens is 5. The van der Waals surface area contributed by atoms with E-state index in [1.165, 1.54) is 19.8 Å². The number of nitrogens with zero attached hydrogens (tertiary/aromatic N) is 6. The maximum absolute atomic E-state index is 14.0. The van der Waals surface area contributed by atoms with Crippen LogP contribution in [-0.4, -0.2) is 36.6 Å². The average molecular weight is 461 g/mol. The molecule has 0 atom stereocenters. The summed E-state index contributed by atoms with van der Waals surface area (Å²) in [5.41, 5.74) is 1.51. The monoisotopic (exact) mass is 461 g/mol. The second-order valence-corrected chi connectivity index (χ2v) is 7.27. The number of ether oxygens (including phenoxy) is 2. The molecule has 0 aliphatic heterocycles. The first kappa shape index (κ1) is 21.0. The highest BCUT2D eigenvalue weighted by atomic mass is 19.1. The fourth-order valence-corrected chi connectivity index (χ4v) is 3.47. The van der Waals surface area contributed by atoms with Crippen molar-refractivity contribution in [3.63, 3.8) is 0 Å². The van der Waals surface area contributed by atoms with Crippen LogP contribution in [0.1, 0.15) is 5.56 Å². The lowest BCUT2D eigenvalue weighted by molar-refractivity contribution is -0.387. The van der Waals surface area contributed by atoms with Crippen LogP contribution in [0.25, 0.3) is 16.6 Å². The minimum Gasteiger partial charge on any atom is -0.494 e. The Kier molecular flexibility index (Phi) is 5.09. The van der Waals surface area contributed by atoms with Crippen molar-refractivity contribution in [2.75, 3.05) is 12.4 Å². The molecule has 0 amide bonds. The van der Waals surface area contributed by atoms with E-state index in [1.807, 2.05) is 6.92 Å². The predicted molar refractivity (Wildman–Crippen MR) is 120 cm³/mol. The van der Waals surface area contributed by atoms with E-state index in [4.69, 9.17) is 9.47 Å². The summed E-state index contributed by atoms with van der Waals surface area (Å²) in [4.78, 5) is 22.7. The number of benzene rings is 2. The summed E-state index contributed by atoms with van der Waals surface area (Å²) < 4.78 is 27.2. The van der Waals surface area contributed by atoms with Gasteiger partial charge < -0.3 is 14.8 Å². The molecule has 3 aromatic heterocycles. The summed E-state index contributed by atoms with van der Waals surface area (Å²) in [5.74, 6) is 0.852. The van der Waals surface area contributed by atoms with Gasteiger partial charge in [0, 0.05) is 30.5 Å². The molecule has 1 N–H and O–H groups in total. The van der Waals surface area contributed by atoms with Crippen molar-refractivity contribution >= 4 is 33.7 Å². The number of halogens is 1. The Balaban J connectivity index is 1.51. The third-order valence-electron chi connectivity index (χ3n) is 5.13. The Morgan fingerprint density at radius 3 is 2.74 bits per heavy atom. The highest BCUT2D eigenvalue weighted by Crippen LogP contribution is 2.38. The van der Waals surface area contributed by atoms with Crippen molar-refractivity contribution in [2.24, 2.45) is 0 Å². The van der Waals surface area contributed by atoms with Gasteiger partial charge >= 0.3 is 5.69 Å². The fourth-order valence-electron chi connectivity index (χ4n) is 3.47. The second-order valence-electron chi connectivity index (χ2n) is 7.27. The van der Waals surface area contributed by atoms with E-state index < -0.39 is 16.4 Å². The quantitative estimate of drug-likeness (QED) is 0.285. The van der Waals surface area contributed by atoms with Crippen LogP contribution in [0.4, 0.5) is 21.6 Å². The zero-order valence-corrected chi connectivity index (χ0v) is 17.9. The van der Waals surface area contributed by atoms with Gasteiger partial charge in [0.25, 0.3) is 0 Å². The second kappa shape index (κ2) is 8.24. The molecule has 0 aliphatic carbocycles. The normalized spacial score (nSPS) is 11.0. The van der Waals surface area contributed by atoms with E-state index in [0.717, 1.165) is 17.7 Å². The van der Waals surface area contributed by atoms with Gasteiger partial charge in [0.15, 0.2) is 5.65 Å². The van der Waals surface area contributed by atoms with E-state index >= 15 is 0 Å². The van der Waals surface area contributed by atoms with Gasteiger partial charge in [-0.1, -0.05) is 0 Å². The molecule has 3 heterocycles. The van der Waals surface area contributed by atoms with Crippen LogP contribution in [0.15, 0.2) is 55.2 Å². The highest BCUT2D eigenvalue weighted by molar-refractivity contribution is 5.93. The molecule has 34 heavy (non-hydrogen) atoms. The molecule has 170 valence electrons. The largest absolute Gasteiger partial charge is 0.494 e. The predicted octanol–water partition coefficient (Wildman–Crippen LogP) is 4.57. The van der Waals surface area contributed by atoms with Gasteiger partial charge in [0.2, 0.25) is 5.82 Å². The molecular formula is C22H16FN7O4. The van der Waals surface area contributed by atoms with Gasteiger partial charge in [-0.15, -0.1) is 0 Å². The van der Waals surface area contributed by atoms with E-state index in [1.54, 1.807) is 35.0 Å². The summed E-state index contributed by atoms with van der Waals surface area (Å²) in [6.45, 7) is 1.86. The summed E-state index contributed by atoms with van der Waals surface area (Å²) in [6.07, 6.45) is 4.43. The lowest BCUT2D eigenvalue weighted by Crippen LogP contribution is -2.01. The standard InChI is InChI=1S/C22H16FN7O4/c1-12-5-17(28-22-14-7-18(30(31)32)15(23)8-16(14)24-10-26-22)20(33-2)9-19(12)34-13-3-4-29-21(6-13)25-11-27-29/h3-11H,1-2H3,(H,24,26,28). The molecule has 0 aliphatic rings. The number of nitro groups is 1. The van der Waals surface area contributed by atoms with Crippen molar-refractivity contribution in [1.29, 1.82) is 0 Å². The summed E-state index contributed by atoms with van der Waals surface area (Å²) >= 11 is 0. The van der Waals surface area contributed by atoms with Gasteiger partial charge in [-0.2, -0.15) is 9.49 Å². The number of nitrogens with one attached hydrogen (secondary N) is 1. The van der Waals surface area contributed by atoms with Crippen LogP contribution in [0.3, 0.4) is 0 Å². The molecule has 5 rings (SSSR count). The molecule has 5 aromatic rings. The lowest BCUT2D eigenvalue weighted by atomic mass is 10.1. The third-order valence-corrected chi connectivity index (χ3v) is 5.13. The molecule has 0 saturated carbocycles. The number of pyridine rings is 1. The summed E-state index contributed by atoms with van der Waals surface area (Å²) in [6, 6.07) is 9.12. The van der Waals surface area contributed by atoms with Crippen molar-refractivity contribution in [2.45, 2.75) is 6.92 Å². The molecule has 0 saturated heterocycles. The van der Waals surface area contributed by atoms with Gasteiger partial charge in [-0.3, -0.25) is 10.1 Å². The maximum atomic E-state index is 14.0. The van der Waals surface area contributed by atoms with E-state index in [0.29, 0.717) is 28.6 Å². The Morgan fingerprint density at radius 1 is 1.09 bits per heavy atom. The van der Waals surface area contributed by atoms with Crippen molar-refractivity contribution < 1.29 is 18.8 Å². The number of hydrogen-bond donors (Lipinski definition) is 1. The zero-order valence-electron chi connectivity index (χ0n) is 17.9. The number of anilines is 2. The molecule has 0 radical (unpaired) electrons. The van der Waals surface area contributed by atoms with E-state index in [9.17, 15) is 14.5 Å². The van der Waals surface area contributed by atoms with Crippen LogP contribution >= 0.6 is 0 Å². The first-order valence-corrected chi connectivity index (χ1v) is 9.94. The van der Waals surface area contributed by atoms with Gasteiger partial charge in [0.05, 0.1) is 28.6 Å². The van der Waals surface area contributed by atoms with E-state index in [2.05, 4.69) is 25.4 Å². The zero-order chi connectivity index (χ0) is 23.8. The number of rotatable bonds is 6. The number of hydrogen-bond acceptors (Lipinski definition) is 9. The average Bonchev–Trinajstić information content (AvgIpc) is 3.28.